The van der Waals surface area contributed by atoms with Gasteiger partial charge in [-0.3, -0.25) is 57.5 Å². The van der Waals surface area contributed by atoms with Crippen LogP contribution in [0.5, 0.6) is 0 Å². The number of carbonyl (C=O) groups is 12. The number of alkyl halides is 1. The minimum atomic E-state index is -1.49. The lowest BCUT2D eigenvalue weighted by Crippen LogP contribution is -2.68. The number of hydrogen-bond acceptors (Lipinski definition) is 13. The molecule has 3 unspecified atom stereocenters. The minimum Gasteiger partial charge on any atom is -0.377 e. The molecule has 0 aromatic carbocycles. The Morgan fingerprint density at radius 2 is 1.26 bits per heavy atom. The van der Waals surface area contributed by atoms with Crippen molar-refractivity contribution in [3.05, 3.63) is 12.2 Å². The average Bonchev–Trinajstić information content (AvgIpc) is 1.52. The molecule has 588 valence electrons. The molecule has 1 spiro atoms. The second kappa shape index (κ2) is 37.2. The second-order valence-corrected chi connectivity index (χ2v) is 34.1. The lowest BCUT2D eigenvalue weighted by Gasteiger charge is -2.46. The minimum absolute atomic E-state index is 0.00664. The Morgan fingerprint density at radius 1 is 0.619 bits per heavy atom. The van der Waals surface area contributed by atoms with Crippen LogP contribution in [-0.4, -0.2) is 270 Å². The molecule has 0 aromatic rings. The van der Waals surface area contributed by atoms with Crippen LogP contribution in [0.25, 0.3) is 0 Å². The van der Waals surface area contributed by atoms with Gasteiger partial charge in [-0.1, -0.05) is 110 Å². The molecule has 0 radical (unpaired) electrons. The number of amides is 12. The molecule has 9 rings (SSSR count). The predicted molar refractivity (Wildman–Crippen MR) is 399 cm³/mol. The Hall–Kier alpha value is -6.37. The highest BCUT2D eigenvalue weighted by Gasteiger charge is 2.54. The number of nitrogens with zero attached hydrogens (tertiary/aromatic N) is 9. The van der Waals surface area contributed by atoms with E-state index in [4.69, 9.17) is 16.3 Å². The number of carbonyl (C=O) groups excluding carboxylic acids is 12. The van der Waals surface area contributed by atoms with Crippen LogP contribution in [0.4, 0.5) is 0 Å². The number of hydrogen-bond donors (Lipinski definition) is 3. The van der Waals surface area contributed by atoms with Gasteiger partial charge in [0.2, 0.25) is 70.9 Å². The summed E-state index contributed by atoms with van der Waals surface area (Å²) < 4.78 is 6.19. The van der Waals surface area contributed by atoms with E-state index >= 15 is 38.4 Å². The summed E-state index contributed by atoms with van der Waals surface area (Å²) in [6.07, 6.45) is 20.8. The Balaban J connectivity index is 1.09. The predicted octanol–water partition coefficient (Wildman–Crippen LogP) is 6.51. The average molecular weight is 1490 g/mol. The van der Waals surface area contributed by atoms with Crippen molar-refractivity contribution in [1.82, 2.24) is 60.0 Å². The molecule has 25 nitrogen and oxygen atoms in total. The van der Waals surface area contributed by atoms with Gasteiger partial charge in [0.05, 0.1) is 25.6 Å². The fourth-order valence-electron chi connectivity index (χ4n) is 18.6. The second-order valence-electron chi connectivity index (χ2n) is 33.5. The zero-order valence-corrected chi connectivity index (χ0v) is 66.1. The van der Waals surface area contributed by atoms with E-state index in [0.29, 0.717) is 62.7 Å². The Bertz CT molecular complexity index is 3130. The van der Waals surface area contributed by atoms with Crippen LogP contribution in [-0.2, 0) is 62.3 Å². The topological polar surface area (TPSA) is 279 Å². The number of halogens is 1. The molecule has 8 fully saturated rings. The Labute approximate surface area is 629 Å². The lowest BCUT2D eigenvalue weighted by molar-refractivity contribution is -0.158. The van der Waals surface area contributed by atoms with Gasteiger partial charge < -0.3 is 64.8 Å². The van der Waals surface area contributed by atoms with Gasteiger partial charge in [0, 0.05) is 87.9 Å². The standard InChI is InChI=1S/C79H127ClN12O13/c1-13-50(4)68-76(102)86(8)48-67(95)87(9)60-27-16-15-21-40-91(75(60)101)64(43-53-30-28-49(3)29-31-53)74(100)85(7)47-65(93)81-59(37-33-52-32-36-57(54-34-35-54)58(80)41-52)72(98)92-46-56(105-14-2)44-62(92)71(97)83-79(38-22-39-79)78(104)90(12)69(55-25-19-20-26-55)77(103)89(11)63(73(99)84(5)6)45-66(94)88(10)61(70(96)82-68)42-51-23-17-18-24-51/h15-16,49-64,68-69H,13-14,17-48H2,1-12H3,(H,81,93)(H,82,96)(H,83,97)/b16-15-/t49?,50-,52?,53?,56+,57?,58?,59-,60-,61-,62-,63-,64-,68-,69-/m0/s1. The Morgan fingerprint density at radius 3 is 1.88 bits per heavy atom. The van der Waals surface area contributed by atoms with E-state index in [1.807, 2.05) is 32.9 Å². The third-order valence-electron chi connectivity index (χ3n) is 26.0. The van der Waals surface area contributed by atoms with Crippen molar-refractivity contribution in [3.8, 4) is 0 Å². The first-order valence-corrected chi connectivity index (χ1v) is 40.6. The van der Waals surface area contributed by atoms with Crippen LogP contribution < -0.4 is 16.0 Å². The van der Waals surface area contributed by atoms with Crippen molar-refractivity contribution < 1.29 is 62.3 Å². The molecule has 12 amide bonds. The normalized spacial score (nSPS) is 33.1. The van der Waals surface area contributed by atoms with Gasteiger partial charge in [0.1, 0.15) is 53.9 Å². The largest absolute Gasteiger partial charge is 0.377 e. The summed E-state index contributed by atoms with van der Waals surface area (Å²) in [6, 6.07) is -9.27. The Kier molecular flexibility index (Phi) is 29.3. The van der Waals surface area contributed by atoms with Crippen molar-refractivity contribution in [1.29, 1.82) is 0 Å². The molecule has 3 heterocycles. The summed E-state index contributed by atoms with van der Waals surface area (Å²) in [5, 5.41) is 9.18. The van der Waals surface area contributed by atoms with Crippen LogP contribution in [0.3, 0.4) is 0 Å². The quantitative estimate of drug-likeness (QED) is 0.124. The van der Waals surface area contributed by atoms with Gasteiger partial charge in [-0.25, -0.2) is 0 Å². The zero-order chi connectivity index (χ0) is 76.3. The molecule has 26 heteroatoms. The summed E-state index contributed by atoms with van der Waals surface area (Å²) >= 11 is 7.13. The summed E-state index contributed by atoms with van der Waals surface area (Å²) in [5.74, 6) is -5.69. The van der Waals surface area contributed by atoms with Gasteiger partial charge in [0.25, 0.3) is 0 Å². The number of ether oxygens (including phenoxy) is 1. The fourth-order valence-corrected chi connectivity index (χ4v) is 19.2. The van der Waals surface area contributed by atoms with Crippen molar-refractivity contribution in [2.45, 2.75) is 279 Å². The third kappa shape index (κ3) is 20.1. The number of likely N-dealkylation sites (N-methyl/N-ethyl adjacent to an activating group) is 7. The molecule has 2 bridgehead atoms. The molecule has 9 aliphatic rings. The molecule has 3 aliphatic heterocycles. The number of rotatable bonds is 14. The summed E-state index contributed by atoms with van der Waals surface area (Å²) in [4.78, 5) is 195. The highest BCUT2D eigenvalue weighted by atomic mass is 35.5. The first-order valence-electron chi connectivity index (χ1n) is 40.2. The van der Waals surface area contributed by atoms with E-state index in [-0.39, 0.29) is 87.3 Å². The van der Waals surface area contributed by atoms with Crippen LogP contribution in [0.2, 0.25) is 0 Å². The van der Waals surface area contributed by atoms with Gasteiger partial charge in [0.15, 0.2) is 0 Å². The van der Waals surface area contributed by atoms with Crippen molar-refractivity contribution in [3.63, 3.8) is 0 Å². The molecule has 3 N–H and O–H groups in total. The summed E-state index contributed by atoms with van der Waals surface area (Å²) in [6.45, 7) is 7.20. The monoisotopic (exact) mass is 1490 g/mol. The van der Waals surface area contributed by atoms with Gasteiger partial charge in [-0.15, -0.1) is 11.6 Å². The maximum absolute atomic E-state index is 15.7. The van der Waals surface area contributed by atoms with Crippen LogP contribution >= 0.6 is 11.6 Å². The van der Waals surface area contributed by atoms with Gasteiger partial charge >= 0.3 is 0 Å². The SMILES string of the molecule is CCO[C@@H]1C[C@H]2C(=O)NC3(CCC3)C(=O)N(C)[C@@H](C3CCCC3)C(=O)N(C)[C@H](C(=O)N(C)C)CC(=O)N(C)[C@@H](CC3CCCC3)C(=O)N[C@@H]([C@@H](C)CC)C(=O)N(C)CC(=O)N(C)[C@H]3C/C=C\CCN(C3=O)[C@@H](CC3CCC(C)CC3)C(=O)N(C)CC(=O)N[C@@H](CCC3CCC(C4CC4)C(Cl)C3)C(=O)N2C1. The molecule has 6 saturated carbocycles. The van der Waals surface area contributed by atoms with Crippen LogP contribution in [0.15, 0.2) is 12.2 Å². The molecule has 13 atom stereocenters. The molecular formula is C79H127ClN12O13. The van der Waals surface area contributed by atoms with Gasteiger partial charge in [-0.05, 0) is 151 Å². The lowest BCUT2D eigenvalue weighted by atomic mass is 9.74. The first-order chi connectivity index (χ1) is 50.0. The van der Waals surface area contributed by atoms with E-state index in [9.17, 15) is 19.2 Å². The maximum Gasteiger partial charge on any atom is 0.248 e. The third-order valence-corrected chi connectivity index (χ3v) is 26.5. The van der Waals surface area contributed by atoms with Crippen molar-refractivity contribution >= 4 is 82.5 Å². The smallest absolute Gasteiger partial charge is 0.248 e. The van der Waals surface area contributed by atoms with Crippen molar-refractivity contribution in [2.24, 2.45) is 47.3 Å². The molecule has 0 aromatic heterocycles. The maximum atomic E-state index is 15.7. The fraction of sp³-hybridized carbons (Fsp3) is 0.823. The molecule has 2 saturated heterocycles. The van der Waals surface area contributed by atoms with E-state index in [0.717, 1.165) is 83.5 Å². The molecular weight excluding hydrogens is 1360 g/mol. The zero-order valence-electron chi connectivity index (χ0n) is 65.3. The number of nitrogens with one attached hydrogen (secondary N) is 3. The number of fused-ring (bicyclic) bond motifs is 3. The van der Waals surface area contributed by atoms with Crippen LogP contribution in [0.1, 0.15) is 214 Å². The van der Waals surface area contributed by atoms with Gasteiger partial charge in [-0.2, -0.15) is 0 Å². The van der Waals surface area contributed by atoms with E-state index in [2.05, 4.69) is 22.9 Å². The molecule has 6 aliphatic carbocycles. The highest BCUT2D eigenvalue weighted by Crippen LogP contribution is 2.48. The summed E-state index contributed by atoms with van der Waals surface area (Å²) in [7, 11) is 12.1. The van der Waals surface area contributed by atoms with E-state index in [1.54, 1.807) is 11.9 Å². The summed E-state index contributed by atoms with van der Waals surface area (Å²) in [5.41, 5.74) is -1.49. The van der Waals surface area contributed by atoms with E-state index in [1.165, 1.54) is 101 Å². The highest BCUT2D eigenvalue weighted by molar-refractivity contribution is 6.20. The van der Waals surface area contributed by atoms with Crippen molar-refractivity contribution in [2.75, 3.05) is 89.2 Å². The first kappa shape index (κ1) is 82.7. The molecule has 105 heavy (non-hydrogen) atoms. The van der Waals surface area contributed by atoms with E-state index < -0.39 is 156 Å². The van der Waals surface area contributed by atoms with Crippen LogP contribution in [0, 0.1) is 47.3 Å².